The first-order valence-corrected chi connectivity index (χ1v) is 21.6. The number of hydrogen-bond donors (Lipinski definition) is 0. The van der Waals surface area contributed by atoms with Crippen LogP contribution in [0, 0.1) is 0 Å². The van der Waals surface area contributed by atoms with Crippen LogP contribution in [-0.2, 0) is 5.41 Å². The Morgan fingerprint density at radius 1 is 0.415 bits per heavy atom. The van der Waals surface area contributed by atoms with Crippen LogP contribution in [0.25, 0.3) is 56.4 Å². The van der Waals surface area contributed by atoms with Gasteiger partial charge in [-0.2, -0.15) is 0 Å². The van der Waals surface area contributed by atoms with E-state index in [-0.39, 0.29) is 0 Å². The third kappa shape index (κ3) is 5.70. The summed E-state index contributed by atoms with van der Waals surface area (Å²) in [5, 5.41) is 1.46. The van der Waals surface area contributed by atoms with Gasteiger partial charge in [-0.3, -0.25) is 4.98 Å². The standard InChI is InChI=1S/C48H38N4Si/c1-53(2,3)40-25-27-42-41-26-24-35(30-43(41)48(44(42)31-40,38-20-9-5-10-21-38)39-22-11-6-12-23-39)34-17-13-18-36(29-34)46-50-45(33-15-7-4-8-16-33)51-47(52-46)37-19-14-28-49-32-37/h4-32H,1-3H3. The van der Waals surface area contributed by atoms with Crippen molar-refractivity contribution in [3.8, 4) is 56.4 Å². The van der Waals surface area contributed by atoms with Gasteiger partial charge in [0.05, 0.1) is 13.5 Å². The number of fused-ring (bicyclic) bond motifs is 3. The van der Waals surface area contributed by atoms with Gasteiger partial charge in [0.15, 0.2) is 17.5 Å². The summed E-state index contributed by atoms with van der Waals surface area (Å²) in [6.45, 7) is 7.30. The van der Waals surface area contributed by atoms with E-state index in [0.29, 0.717) is 17.5 Å². The molecule has 0 fully saturated rings. The molecule has 1 aliphatic carbocycles. The van der Waals surface area contributed by atoms with Crippen molar-refractivity contribution in [2.75, 3.05) is 0 Å². The van der Waals surface area contributed by atoms with Crippen molar-refractivity contribution in [3.05, 3.63) is 198 Å². The second-order valence-electron chi connectivity index (χ2n) is 14.7. The van der Waals surface area contributed by atoms with Crippen LogP contribution in [0.3, 0.4) is 0 Å². The number of benzene rings is 6. The van der Waals surface area contributed by atoms with E-state index in [1.807, 2.05) is 42.5 Å². The molecule has 1 aliphatic rings. The highest BCUT2D eigenvalue weighted by Crippen LogP contribution is 2.56. The predicted octanol–water partition coefficient (Wildman–Crippen LogP) is 10.8. The molecular formula is C48H38N4Si. The Kier molecular flexibility index (Phi) is 8.01. The molecule has 2 heterocycles. The van der Waals surface area contributed by atoms with Gasteiger partial charge in [0.2, 0.25) is 0 Å². The molecule has 9 rings (SSSR count). The lowest BCUT2D eigenvalue weighted by atomic mass is 9.67. The Hall–Kier alpha value is -6.30. The Balaban J connectivity index is 1.24. The van der Waals surface area contributed by atoms with Gasteiger partial charge in [-0.1, -0.05) is 164 Å². The molecule has 6 aromatic carbocycles. The molecule has 0 bridgehead atoms. The summed E-state index contributed by atoms with van der Waals surface area (Å²) in [6.07, 6.45) is 3.56. The van der Waals surface area contributed by atoms with Gasteiger partial charge in [-0.15, -0.1) is 0 Å². The average molecular weight is 699 g/mol. The summed E-state index contributed by atoms with van der Waals surface area (Å²) >= 11 is 0. The van der Waals surface area contributed by atoms with Gasteiger partial charge in [-0.05, 0) is 68.8 Å². The minimum Gasteiger partial charge on any atom is -0.264 e. The summed E-state index contributed by atoms with van der Waals surface area (Å²) in [4.78, 5) is 19.2. The van der Waals surface area contributed by atoms with E-state index in [2.05, 4.69) is 146 Å². The van der Waals surface area contributed by atoms with E-state index < -0.39 is 13.5 Å². The van der Waals surface area contributed by atoms with Crippen LogP contribution in [0.1, 0.15) is 22.3 Å². The smallest absolute Gasteiger partial charge is 0.165 e. The van der Waals surface area contributed by atoms with E-state index in [0.717, 1.165) is 27.8 Å². The van der Waals surface area contributed by atoms with Gasteiger partial charge in [0, 0.05) is 29.1 Å². The van der Waals surface area contributed by atoms with Crippen LogP contribution in [0.2, 0.25) is 19.6 Å². The van der Waals surface area contributed by atoms with E-state index in [1.165, 1.54) is 38.6 Å². The maximum Gasteiger partial charge on any atom is 0.165 e. The van der Waals surface area contributed by atoms with Crippen LogP contribution in [0.15, 0.2) is 176 Å². The van der Waals surface area contributed by atoms with Crippen molar-refractivity contribution >= 4 is 13.3 Å². The Bertz CT molecular complexity index is 2490. The van der Waals surface area contributed by atoms with Gasteiger partial charge in [0.25, 0.3) is 0 Å². The van der Waals surface area contributed by atoms with E-state index in [1.54, 1.807) is 12.4 Å². The zero-order valence-corrected chi connectivity index (χ0v) is 31.0. The van der Waals surface area contributed by atoms with Gasteiger partial charge < -0.3 is 0 Å². The predicted molar refractivity (Wildman–Crippen MR) is 220 cm³/mol. The molecule has 5 heteroatoms. The molecular weight excluding hydrogens is 661 g/mol. The number of hydrogen-bond acceptors (Lipinski definition) is 4. The van der Waals surface area contributed by atoms with Crippen molar-refractivity contribution in [2.24, 2.45) is 0 Å². The maximum atomic E-state index is 5.01. The van der Waals surface area contributed by atoms with Crippen molar-refractivity contribution in [3.63, 3.8) is 0 Å². The third-order valence-corrected chi connectivity index (χ3v) is 12.5. The fourth-order valence-electron chi connectivity index (χ4n) is 7.82. The molecule has 0 spiro atoms. The Morgan fingerprint density at radius 3 is 1.55 bits per heavy atom. The second kappa shape index (κ2) is 13.0. The third-order valence-electron chi connectivity index (χ3n) is 10.5. The normalized spacial score (nSPS) is 13.0. The van der Waals surface area contributed by atoms with Crippen molar-refractivity contribution in [1.82, 2.24) is 19.9 Å². The Labute approximate surface area is 312 Å². The first kappa shape index (κ1) is 32.6. The fraction of sp³-hybridized carbons (Fsp3) is 0.0833. The zero-order chi connectivity index (χ0) is 36.0. The minimum atomic E-state index is -1.62. The first-order chi connectivity index (χ1) is 25.9. The van der Waals surface area contributed by atoms with Crippen molar-refractivity contribution < 1.29 is 0 Å². The number of pyridine rings is 1. The number of nitrogens with zero attached hydrogens (tertiary/aromatic N) is 4. The quantitative estimate of drug-likeness (QED) is 0.156. The molecule has 0 saturated carbocycles. The largest absolute Gasteiger partial charge is 0.264 e. The minimum absolute atomic E-state index is 0.478. The van der Waals surface area contributed by atoms with E-state index >= 15 is 0 Å². The summed E-state index contributed by atoms with van der Waals surface area (Å²) < 4.78 is 0. The summed E-state index contributed by atoms with van der Waals surface area (Å²) in [7, 11) is -1.62. The highest BCUT2D eigenvalue weighted by Gasteiger charge is 2.46. The zero-order valence-electron chi connectivity index (χ0n) is 30.0. The molecule has 4 nitrogen and oxygen atoms in total. The lowest BCUT2D eigenvalue weighted by Gasteiger charge is -2.35. The number of rotatable bonds is 7. The van der Waals surface area contributed by atoms with Crippen LogP contribution in [0.5, 0.6) is 0 Å². The summed E-state index contributed by atoms with van der Waals surface area (Å²) in [6, 6.07) is 58.9. The molecule has 53 heavy (non-hydrogen) atoms. The highest BCUT2D eigenvalue weighted by atomic mass is 28.3. The van der Waals surface area contributed by atoms with Gasteiger partial charge >= 0.3 is 0 Å². The first-order valence-electron chi connectivity index (χ1n) is 18.1. The average Bonchev–Trinajstić information content (AvgIpc) is 3.51. The SMILES string of the molecule is C[Si](C)(C)c1ccc2c(c1)C(c1ccccc1)(c1ccccc1)c1cc(-c3cccc(-c4nc(-c5ccccc5)nc(-c5cccnc5)n4)c3)ccc1-2. The van der Waals surface area contributed by atoms with Crippen molar-refractivity contribution in [2.45, 2.75) is 25.1 Å². The van der Waals surface area contributed by atoms with Crippen LogP contribution in [-0.4, -0.2) is 28.0 Å². The highest BCUT2D eigenvalue weighted by molar-refractivity contribution is 6.88. The summed E-state index contributed by atoms with van der Waals surface area (Å²) in [5.74, 6) is 1.84. The Morgan fingerprint density at radius 2 is 0.925 bits per heavy atom. The summed E-state index contributed by atoms with van der Waals surface area (Å²) in [5.41, 5.74) is 12.2. The molecule has 2 aromatic heterocycles. The molecule has 0 aliphatic heterocycles. The molecule has 0 unspecified atom stereocenters. The van der Waals surface area contributed by atoms with Crippen LogP contribution >= 0.6 is 0 Å². The molecule has 0 N–H and O–H groups in total. The molecule has 254 valence electrons. The van der Waals surface area contributed by atoms with E-state index in [4.69, 9.17) is 15.0 Å². The van der Waals surface area contributed by atoms with Crippen LogP contribution in [0.4, 0.5) is 0 Å². The maximum absolute atomic E-state index is 5.01. The second-order valence-corrected chi connectivity index (χ2v) is 19.8. The monoisotopic (exact) mass is 698 g/mol. The molecule has 0 saturated heterocycles. The van der Waals surface area contributed by atoms with Gasteiger partial charge in [0.1, 0.15) is 0 Å². The van der Waals surface area contributed by atoms with Gasteiger partial charge in [-0.25, -0.2) is 15.0 Å². The van der Waals surface area contributed by atoms with E-state index in [9.17, 15) is 0 Å². The molecule has 8 aromatic rings. The molecule has 0 amide bonds. The topological polar surface area (TPSA) is 51.6 Å². The number of aromatic nitrogens is 4. The molecule has 0 atom stereocenters. The molecule has 0 radical (unpaired) electrons. The van der Waals surface area contributed by atoms with Crippen molar-refractivity contribution in [1.29, 1.82) is 0 Å². The lowest BCUT2D eigenvalue weighted by molar-refractivity contribution is 0.769. The fourth-order valence-corrected chi connectivity index (χ4v) is 8.98. The van der Waals surface area contributed by atoms with Crippen LogP contribution < -0.4 is 5.19 Å². The lowest BCUT2D eigenvalue weighted by Crippen LogP contribution is -2.39.